The second-order valence-electron chi connectivity index (χ2n) is 7.30. The van der Waals surface area contributed by atoms with E-state index in [-0.39, 0.29) is 28.3 Å². The minimum Gasteiger partial charge on any atom is -0.545 e. The Morgan fingerprint density at radius 3 is 2.06 bits per heavy atom. The molecule has 0 spiro atoms. The third-order valence-corrected chi connectivity index (χ3v) is 6.09. The highest BCUT2D eigenvalue weighted by molar-refractivity contribution is 7.15. The van der Waals surface area contributed by atoms with Crippen LogP contribution in [0.1, 0.15) is 38.0 Å². The van der Waals surface area contributed by atoms with E-state index in [1.54, 1.807) is 18.4 Å². The van der Waals surface area contributed by atoms with Gasteiger partial charge in [-0.05, 0) is 29.7 Å². The zero-order valence-electron chi connectivity index (χ0n) is 18.2. The lowest BCUT2D eigenvalue weighted by molar-refractivity contribution is -0.255. The molecule has 4 rings (SSSR count). The summed E-state index contributed by atoms with van der Waals surface area (Å²) >= 11 is 1.17. The van der Waals surface area contributed by atoms with Gasteiger partial charge in [-0.3, -0.25) is 4.79 Å². The van der Waals surface area contributed by atoms with Gasteiger partial charge in [-0.15, -0.1) is 11.3 Å². The highest BCUT2D eigenvalue weighted by Gasteiger charge is 2.24. The minimum absolute atomic E-state index is 0.0560. The van der Waals surface area contributed by atoms with E-state index in [0.717, 1.165) is 16.7 Å². The zero-order chi connectivity index (χ0) is 24.1. The van der Waals surface area contributed by atoms with E-state index >= 15 is 0 Å². The first kappa shape index (κ1) is 22.9. The Bertz CT molecular complexity index is 1340. The summed E-state index contributed by atoms with van der Waals surface area (Å²) in [7, 11) is 0. The number of hydrogen-bond acceptors (Lipinski definition) is 6. The van der Waals surface area contributed by atoms with Gasteiger partial charge >= 0.3 is 5.97 Å². The lowest BCUT2D eigenvalue weighted by Crippen LogP contribution is -2.26. The summed E-state index contributed by atoms with van der Waals surface area (Å²) in [6, 6.07) is 23.4. The maximum Gasteiger partial charge on any atom is 0.341 e. The van der Waals surface area contributed by atoms with E-state index in [4.69, 9.17) is 4.74 Å². The highest BCUT2D eigenvalue weighted by Crippen LogP contribution is 2.37. The van der Waals surface area contributed by atoms with Gasteiger partial charge in [0.2, 0.25) is 0 Å². The van der Waals surface area contributed by atoms with Crippen molar-refractivity contribution in [3.8, 4) is 22.3 Å². The summed E-state index contributed by atoms with van der Waals surface area (Å²) in [5.41, 5.74) is 3.44. The van der Waals surface area contributed by atoms with Crippen molar-refractivity contribution in [3.05, 3.63) is 101 Å². The number of amides is 1. The molecule has 0 aliphatic carbocycles. The largest absolute Gasteiger partial charge is 0.545 e. The van der Waals surface area contributed by atoms with Crippen molar-refractivity contribution in [3.63, 3.8) is 0 Å². The van der Waals surface area contributed by atoms with E-state index in [1.165, 1.54) is 29.5 Å². The molecule has 0 bridgehead atoms. The quantitative estimate of drug-likeness (QED) is 0.389. The molecule has 0 saturated carbocycles. The van der Waals surface area contributed by atoms with E-state index in [2.05, 4.69) is 5.32 Å². The molecule has 0 unspecified atom stereocenters. The molecule has 0 fully saturated rings. The Morgan fingerprint density at radius 1 is 0.824 bits per heavy atom. The van der Waals surface area contributed by atoms with Crippen LogP contribution in [0.4, 0.5) is 5.00 Å². The Kier molecular flexibility index (Phi) is 6.85. The molecule has 7 heteroatoms. The number of nitrogens with one attached hydrogen (secondary N) is 1. The molecule has 0 saturated heterocycles. The predicted octanol–water partition coefficient (Wildman–Crippen LogP) is 4.87. The summed E-state index contributed by atoms with van der Waals surface area (Å²) in [5.74, 6) is -2.69. The number of ether oxygens (including phenoxy) is 1. The van der Waals surface area contributed by atoms with E-state index in [0.29, 0.717) is 5.56 Å². The molecular formula is C27H20NO5S-. The molecule has 1 N–H and O–H groups in total. The Morgan fingerprint density at radius 2 is 1.41 bits per heavy atom. The summed E-state index contributed by atoms with van der Waals surface area (Å²) in [5, 5.41) is 16.1. The lowest BCUT2D eigenvalue weighted by atomic mass is 9.99. The van der Waals surface area contributed by atoms with Gasteiger partial charge in [0.05, 0.1) is 12.6 Å². The molecule has 0 atom stereocenters. The van der Waals surface area contributed by atoms with Crippen LogP contribution in [0.3, 0.4) is 0 Å². The van der Waals surface area contributed by atoms with E-state index < -0.39 is 17.8 Å². The smallest absolute Gasteiger partial charge is 0.341 e. The first-order valence-electron chi connectivity index (χ1n) is 10.6. The number of hydrogen-bond donors (Lipinski definition) is 1. The van der Waals surface area contributed by atoms with Crippen LogP contribution in [-0.4, -0.2) is 24.5 Å². The second kappa shape index (κ2) is 10.1. The molecule has 0 aliphatic rings. The van der Waals surface area contributed by atoms with Gasteiger partial charge < -0.3 is 20.0 Å². The first-order chi connectivity index (χ1) is 16.5. The average molecular weight is 471 g/mol. The Balaban J connectivity index is 1.69. The number of anilines is 1. The predicted molar refractivity (Wildman–Crippen MR) is 130 cm³/mol. The number of benzene rings is 3. The third-order valence-electron chi connectivity index (χ3n) is 5.19. The van der Waals surface area contributed by atoms with E-state index in [1.807, 2.05) is 54.6 Å². The highest BCUT2D eigenvalue weighted by atomic mass is 32.1. The molecule has 1 heterocycles. The topological polar surface area (TPSA) is 95.5 Å². The second-order valence-corrected chi connectivity index (χ2v) is 8.18. The van der Waals surface area contributed by atoms with Crippen molar-refractivity contribution < 1.29 is 24.2 Å². The minimum atomic E-state index is -1.46. The molecule has 4 aromatic rings. The normalized spacial score (nSPS) is 10.5. The van der Waals surface area contributed by atoms with Crippen LogP contribution in [-0.2, 0) is 4.74 Å². The Labute approximate surface area is 200 Å². The van der Waals surface area contributed by atoms with Gasteiger partial charge in [0.25, 0.3) is 5.91 Å². The summed E-state index contributed by atoms with van der Waals surface area (Å²) in [6.07, 6.45) is 0. The SMILES string of the molecule is CCOC(=O)c1c(-c2ccc(-c3ccccc3)cc2)csc1NC(=O)c1ccccc1C(=O)[O-]. The summed E-state index contributed by atoms with van der Waals surface area (Å²) < 4.78 is 5.24. The molecule has 1 amide bonds. The van der Waals surface area contributed by atoms with Gasteiger partial charge in [-0.2, -0.15) is 0 Å². The van der Waals surface area contributed by atoms with Crippen LogP contribution in [0.2, 0.25) is 0 Å². The van der Waals surface area contributed by atoms with E-state index in [9.17, 15) is 19.5 Å². The van der Waals surface area contributed by atoms with Gasteiger partial charge in [0, 0.05) is 22.1 Å². The van der Waals surface area contributed by atoms with Gasteiger partial charge in [-0.1, -0.05) is 72.8 Å². The molecular weight excluding hydrogens is 450 g/mol. The first-order valence-corrected chi connectivity index (χ1v) is 11.4. The fourth-order valence-corrected chi connectivity index (χ4v) is 4.52. The molecule has 6 nitrogen and oxygen atoms in total. The molecule has 34 heavy (non-hydrogen) atoms. The summed E-state index contributed by atoms with van der Waals surface area (Å²) in [6.45, 7) is 1.87. The number of rotatable bonds is 7. The summed E-state index contributed by atoms with van der Waals surface area (Å²) in [4.78, 5) is 37.1. The number of carbonyl (C=O) groups is 3. The monoisotopic (exact) mass is 470 g/mol. The molecule has 3 aromatic carbocycles. The average Bonchev–Trinajstić information content (AvgIpc) is 3.28. The van der Waals surface area contributed by atoms with Crippen molar-refractivity contribution >= 4 is 34.2 Å². The molecule has 0 radical (unpaired) electrons. The molecule has 170 valence electrons. The van der Waals surface area contributed by atoms with Crippen LogP contribution in [0.5, 0.6) is 0 Å². The van der Waals surface area contributed by atoms with Gasteiger partial charge in [-0.25, -0.2) is 4.79 Å². The van der Waals surface area contributed by atoms with Crippen LogP contribution in [0.15, 0.2) is 84.2 Å². The zero-order valence-corrected chi connectivity index (χ0v) is 19.1. The standard InChI is InChI=1S/C27H21NO5S/c1-2-33-27(32)23-22(19-14-12-18(13-15-19)17-8-4-3-5-9-17)16-34-25(23)28-24(29)20-10-6-7-11-21(20)26(30)31/h3-16H,2H2,1H3,(H,28,29)(H,30,31)/p-1. The fourth-order valence-electron chi connectivity index (χ4n) is 3.57. The number of thiophene rings is 1. The van der Waals surface area contributed by atoms with Gasteiger partial charge in [0.15, 0.2) is 0 Å². The maximum absolute atomic E-state index is 12.9. The van der Waals surface area contributed by atoms with Crippen molar-refractivity contribution in [1.29, 1.82) is 0 Å². The number of carboxylic acid groups (broad SMARTS) is 1. The van der Waals surface area contributed by atoms with Crippen molar-refractivity contribution in [1.82, 2.24) is 0 Å². The third kappa shape index (κ3) is 4.74. The van der Waals surface area contributed by atoms with Gasteiger partial charge in [0.1, 0.15) is 10.6 Å². The number of carboxylic acids is 1. The van der Waals surface area contributed by atoms with Crippen molar-refractivity contribution in [2.75, 3.05) is 11.9 Å². The molecule has 0 aliphatic heterocycles. The van der Waals surface area contributed by atoms with Crippen LogP contribution in [0, 0.1) is 0 Å². The van der Waals surface area contributed by atoms with Crippen LogP contribution >= 0.6 is 11.3 Å². The number of esters is 1. The lowest BCUT2D eigenvalue weighted by Gasteiger charge is -2.12. The van der Waals surface area contributed by atoms with Crippen LogP contribution < -0.4 is 10.4 Å². The van der Waals surface area contributed by atoms with Crippen LogP contribution in [0.25, 0.3) is 22.3 Å². The van der Waals surface area contributed by atoms with Crippen molar-refractivity contribution in [2.24, 2.45) is 0 Å². The molecule has 1 aromatic heterocycles. The Hall–Kier alpha value is -4.23. The number of carbonyl (C=O) groups excluding carboxylic acids is 3. The maximum atomic E-state index is 12.9. The van der Waals surface area contributed by atoms with Crippen molar-refractivity contribution in [2.45, 2.75) is 6.92 Å². The fraction of sp³-hybridized carbons (Fsp3) is 0.0741. The number of aromatic carboxylic acids is 1.